The van der Waals surface area contributed by atoms with Crippen molar-refractivity contribution in [1.29, 1.82) is 0 Å². The molecule has 2 fully saturated rings. The minimum Gasteiger partial charge on any atom is -0.364 e. The molecule has 1 N–H and O–H groups in total. The molecular formula is C12H15N3O3. The van der Waals surface area contributed by atoms with Gasteiger partial charge in [0.15, 0.2) is 5.69 Å². The van der Waals surface area contributed by atoms with Crippen LogP contribution in [0.15, 0.2) is 16.9 Å². The standard InChI is InChI=1S/C12H15N3O3/c16-11-7-15(12(17)9-5-6-18-14-9)10-4-2-1-3-8(10)13-11/h5-6,8,10H,1-4,7H2,(H,13,16)/t8-,10-/m1/s1. The van der Waals surface area contributed by atoms with Gasteiger partial charge in [-0.05, 0) is 12.8 Å². The van der Waals surface area contributed by atoms with Crippen LogP contribution in [0.3, 0.4) is 0 Å². The summed E-state index contributed by atoms with van der Waals surface area (Å²) in [6, 6.07) is 1.73. The number of amides is 2. The first-order valence-electron chi connectivity index (χ1n) is 6.26. The molecule has 96 valence electrons. The lowest BCUT2D eigenvalue weighted by Crippen LogP contribution is -2.62. The van der Waals surface area contributed by atoms with Crippen LogP contribution in [0.25, 0.3) is 0 Å². The molecule has 6 nitrogen and oxygen atoms in total. The summed E-state index contributed by atoms with van der Waals surface area (Å²) in [6.07, 6.45) is 5.45. The van der Waals surface area contributed by atoms with Crippen LogP contribution < -0.4 is 5.32 Å². The molecule has 2 atom stereocenters. The molecular weight excluding hydrogens is 234 g/mol. The van der Waals surface area contributed by atoms with Crippen LogP contribution in [-0.2, 0) is 4.79 Å². The van der Waals surface area contributed by atoms with Crippen molar-refractivity contribution >= 4 is 11.8 Å². The lowest BCUT2D eigenvalue weighted by atomic mass is 9.87. The Labute approximate surface area is 104 Å². The Morgan fingerprint density at radius 2 is 2.28 bits per heavy atom. The monoisotopic (exact) mass is 249 g/mol. The predicted octanol–water partition coefficient (Wildman–Crippen LogP) is 0.558. The number of nitrogens with zero attached hydrogens (tertiary/aromatic N) is 2. The Balaban J connectivity index is 1.84. The van der Waals surface area contributed by atoms with E-state index in [2.05, 4.69) is 10.5 Å². The Bertz CT molecular complexity index is 457. The van der Waals surface area contributed by atoms with E-state index in [0.29, 0.717) is 0 Å². The fourth-order valence-corrected chi connectivity index (χ4v) is 2.87. The number of nitrogens with one attached hydrogen (secondary N) is 1. The van der Waals surface area contributed by atoms with Gasteiger partial charge in [-0.25, -0.2) is 0 Å². The molecule has 0 bridgehead atoms. The number of fused-ring (bicyclic) bond motifs is 1. The maximum atomic E-state index is 12.3. The highest BCUT2D eigenvalue weighted by Crippen LogP contribution is 2.26. The molecule has 2 aliphatic rings. The molecule has 1 aromatic heterocycles. The molecule has 1 aliphatic heterocycles. The van der Waals surface area contributed by atoms with Crippen LogP contribution in [0.1, 0.15) is 36.2 Å². The molecule has 0 aromatic carbocycles. The molecule has 1 saturated heterocycles. The highest BCUT2D eigenvalue weighted by atomic mass is 16.5. The van der Waals surface area contributed by atoms with Crippen LogP contribution in [0.4, 0.5) is 0 Å². The topological polar surface area (TPSA) is 75.4 Å². The molecule has 0 spiro atoms. The van der Waals surface area contributed by atoms with E-state index in [0.717, 1.165) is 25.7 Å². The molecule has 3 rings (SSSR count). The van der Waals surface area contributed by atoms with Gasteiger partial charge in [0.2, 0.25) is 5.91 Å². The van der Waals surface area contributed by atoms with E-state index in [9.17, 15) is 9.59 Å². The van der Waals surface area contributed by atoms with Gasteiger partial charge >= 0.3 is 0 Å². The predicted molar refractivity (Wildman–Crippen MR) is 61.7 cm³/mol. The summed E-state index contributed by atoms with van der Waals surface area (Å²) in [5.74, 6) is -0.300. The fourth-order valence-electron chi connectivity index (χ4n) is 2.87. The number of hydrogen-bond acceptors (Lipinski definition) is 4. The van der Waals surface area contributed by atoms with Gasteiger partial charge in [-0.2, -0.15) is 0 Å². The van der Waals surface area contributed by atoms with Gasteiger partial charge in [-0.1, -0.05) is 18.0 Å². The average Bonchev–Trinajstić information content (AvgIpc) is 2.90. The zero-order valence-corrected chi connectivity index (χ0v) is 9.96. The van der Waals surface area contributed by atoms with Gasteiger partial charge in [0, 0.05) is 12.1 Å². The smallest absolute Gasteiger partial charge is 0.276 e. The summed E-state index contributed by atoms with van der Waals surface area (Å²) in [5.41, 5.74) is 0.272. The molecule has 1 saturated carbocycles. The van der Waals surface area contributed by atoms with E-state index >= 15 is 0 Å². The lowest BCUT2D eigenvalue weighted by molar-refractivity contribution is -0.127. The third-order valence-electron chi connectivity index (χ3n) is 3.71. The van der Waals surface area contributed by atoms with Crippen LogP contribution in [0.5, 0.6) is 0 Å². The van der Waals surface area contributed by atoms with Crippen molar-refractivity contribution in [2.45, 2.75) is 37.8 Å². The normalized spacial score (nSPS) is 27.6. The molecule has 0 radical (unpaired) electrons. The van der Waals surface area contributed by atoms with E-state index in [1.807, 2.05) is 0 Å². The van der Waals surface area contributed by atoms with E-state index in [1.165, 1.54) is 12.3 Å². The summed E-state index contributed by atoms with van der Waals surface area (Å²) in [7, 11) is 0. The van der Waals surface area contributed by atoms with Crippen LogP contribution >= 0.6 is 0 Å². The second-order valence-corrected chi connectivity index (χ2v) is 4.84. The quantitative estimate of drug-likeness (QED) is 0.789. The Morgan fingerprint density at radius 3 is 3.06 bits per heavy atom. The number of piperazine rings is 1. The second-order valence-electron chi connectivity index (χ2n) is 4.84. The van der Waals surface area contributed by atoms with Gasteiger partial charge in [0.05, 0.1) is 6.04 Å². The third-order valence-corrected chi connectivity index (χ3v) is 3.71. The fraction of sp³-hybridized carbons (Fsp3) is 0.583. The van der Waals surface area contributed by atoms with Crippen molar-refractivity contribution in [3.05, 3.63) is 18.0 Å². The highest BCUT2D eigenvalue weighted by molar-refractivity contribution is 5.95. The summed E-state index contributed by atoms with van der Waals surface area (Å²) in [4.78, 5) is 25.6. The SMILES string of the molecule is O=C1CN(C(=O)c2ccon2)[C@@H]2CCCC[C@H]2N1. The van der Waals surface area contributed by atoms with E-state index in [-0.39, 0.29) is 36.1 Å². The average molecular weight is 249 g/mol. The van der Waals surface area contributed by atoms with E-state index < -0.39 is 0 Å². The number of rotatable bonds is 1. The number of aromatic nitrogens is 1. The molecule has 1 aromatic rings. The Hall–Kier alpha value is -1.85. The summed E-state index contributed by atoms with van der Waals surface area (Å²) in [5, 5.41) is 6.63. The van der Waals surface area contributed by atoms with E-state index in [1.54, 1.807) is 4.90 Å². The van der Waals surface area contributed by atoms with Gasteiger partial charge in [0.1, 0.15) is 12.8 Å². The van der Waals surface area contributed by atoms with Crippen LogP contribution in [0.2, 0.25) is 0 Å². The van der Waals surface area contributed by atoms with Crippen molar-refractivity contribution in [2.75, 3.05) is 6.54 Å². The van der Waals surface area contributed by atoms with Crippen molar-refractivity contribution in [2.24, 2.45) is 0 Å². The lowest BCUT2D eigenvalue weighted by Gasteiger charge is -2.43. The zero-order chi connectivity index (χ0) is 12.5. The van der Waals surface area contributed by atoms with E-state index in [4.69, 9.17) is 4.52 Å². The molecule has 1 aliphatic carbocycles. The first kappa shape index (κ1) is 11.3. The first-order valence-corrected chi connectivity index (χ1v) is 6.26. The molecule has 2 amide bonds. The Kier molecular flexibility index (Phi) is 2.77. The van der Waals surface area contributed by atoms with Gasteiger partial charge < -0.3 is 14.7 Å². The first-order chi connectivity index (χ1) is 8.75. The van der Waals surface area contributed by atoms with Crippen LogP contribution in [0, 0.1) is 0 Å². The van der Waals surface area contributed by atoms with Crippen molar-refractivity contribution in [3.63, 3.8) is 0 Å². The zero-order valence-electron chi connectivity index (χ0n) is 9.96. The van der Waals surface area contributed by atoms with Gasteiger partial charge in [-0.3, -0.25) is 9.59 Å². The molecule has 18 heavy (non-hydrogen) atoms. The summed E-state index contributed by atoms with van der Waals surface area (Å²) < 4.78 is 4.69. The number of carbonyl (C=O) groups excluding carboxylic acids is 2. The largest absolute Gasteiger partial charge is 0.364 e. The third kappa shape index (κ3) is 1.87. The summed E-state index contributed by atoms with van der Waals surface area (Å²) in [6.45, 7) is 0.118. The minimum atomic E-state index is -0.212. The maximum Gasteiger partial charge on any atom is 0.276 e. The summed E-state index contributed by atoms with van der Waals surface area (Å²) >= 11 is 0. The Morgan fingerprint density at radius 1 is 1.44 bits per heavy atom. The van der Waals surface area contributed by atoms with Crippen molar-refractivity contribution < 1.29 is 14.1 Å². The van der Waals surface area contributed by atoms with Crippen molar-refractivity contribution in [3.8, 4) is 0 Å². The molecule has 6 heteroatoms. The number of carbonyl (C=O) groups is 2. The molecule has 0 unspecified atom stereocenters. The maximum absolute atomic E-state index is 12.3. The van der Waals surface area contributed by atoms with Crippen molar-refractivity contribution in [1.82, 2.24) is 15.4 Å². The molecule has 2 heterocycles. The second kappa shape index (κ2) is 4.44. The number of hydrogen-bond donors (Lipinski definition) is 1. The minimum absolute atomic E-state index is 0.0880. The highest BCUT2D eigenvalue weighted by Gasteiger charge is 2.39. The van der Waals surface area contributed by atoms with Gasteiger partial charge in [0.25, 0.3) is 5.91 Å². The van der Waals surface area contributed by atoms with Gasteiger partial charge in [-0.15, -0.1) is 0 Å². The van der Waals surface area contributed by atoms with Crippen LogP contribution in [-0.4, -0.2) is 40.5 Å².